The zero-order chi connectivity index (χ0) is 18.6. The first-order chi connectivity index (χ1) is 12.5. The van der Waals surface area contributed by atoms with Crippen molar-refractivity contribution in [2.75, 3.05) is 38.0 Å². The largest absolute Gasteiger partial charge is 0.339 e. The molecule has 1 saturated heterocycles. The third-order valence-electron chi connectivity index (χ3n) is 5.62. The Bertz CT molecular complexity index is 647. The molecule has 1 aromatic rings. The summed E-state index contributed by atoms with van der Waals surface area (Å²) in [6, 6.07) is 7.89. The SMILES string of the molecule is CCc1ccccc1NC(=O)CN1CCN(C(=O)C2(N)CCCC2)CC1. The van der Waals surface area contributed by atoms with Gasteiger partial charge in [0.1, 0.15) is 0 Å². The third kappa shape index (κ3) is 4.24. The Morgan fingerprint density at radius 2 is 1.77 bits per heavy atom. The van der Waals surface area contributed by atoms with E-state index in [-0.39, 0.29) is 11.8 Å². The van der Waals surface area contributed by atoms with Crippen LogP contribution in [0, 0.1) is 0 Å². The lowest BCUT2D eigenvalue weighted by Gasteiger charge is -2.38. The number of carbonyl (C=O) groups is 2. The standard InChI is InChI=1S/C20H30N4O2/c1-2-16-7-3-4-8-17(16)22-18(25)15-23-11-13-24(14-12-23)19(26)20(21)9-5-6-10-20/h3-4,7-8H,2,5-6,9-15,21H2,1H3,(H,22,25). The number of benzene rings is 1. The molecule has 0 atom stereocenters. The highest BCUT2D eigenvalue weighted by molar-refractivity contribution is 5.93. The predicted octanol–water partition coefficient (Wildman–Crippen LogP) is 1.60. The van der Waals surface area contributed by atoms with Crippen molar-refractivity contribution in [2.45, 2.75) is 44.6 Å². The Morgan fingerprint density at radius 3 is 2.42 bits per heavy atom. The minimum absolute atomic E-state index is 0.00300. The average Bonchev–Trinajstić information content (AvgIpc) is 3.10. The van der Waals surface area contributed by atoms with E-state index in [1.165, 1.54) is 0 Å². The van der Waals surface area contributed by atoms with E-state index in [1.54, 1.807) is 0 Å². The predicted molar refractivity (Wildman–Crippen MR) is 103 cm³/mol. The maximum atomic E-state index is 12.7. The number of nitrogens with zero attached hydrogens (tertiary/aromatic N) is 2. The smallest absolute Gasteiger partial charge is 0.242 e. The van der Waals surface area contributed by atoms with Crippen LogP contribution in [0.1, 0.15) is 38.2 Å². The number of hydrogen-bond acceptors (Lipinski definition) is 4. The third-order valence-corrected chi connectivity index (χ3v) is 5.62. The van der Waals surface area contributed by atoms with Gasteiger partial charge in [0.05, 0.1) is 12.1 Å². The molecular weight excluding hydrogens is 328 g/mol. The van der Waals surface area contributed by atoms with Crippen molar-refractivity contribution < 1.29 is 9.59 Å². The number of nitrogens with two attached hydrogens (primary N) is 1. The Balaban J connectivity index is 1.48. The number of anilines is 1. The lowest BCUT2D eigenvalue weighted by Crippen LogP contribution is -2.58. The van der Waals surface area contributed by atoms with Gasteiger partial charge >= 0.3 is 0 Å². The molecular formula is C20H30N4O2. The summed E-state index contributed by atoms with van der Waals surface area (Å²) >= 11 is 0. The van der Waals surface area contributed by atoms with E-state index in [2.05, 4.69) is 17.1 Å². The molecule has 3 rings (SSSR count). The summed E-state index contributed by atoms with van der Waals surface area (Å²) in [7, 11) is 0. The van der Waals surface area contributed by atoms with Crippen LogP contribution in [-0.2, 0) is 16.0 Å². The van der Waals surface area contributed by atoms with E-state index < -0.39 is 5.54 Å². The van der Waals surface area contributed by atoms with Gasteiger partial charge in [-0.15, -0.1) is 0 Å². The second-order valence-corrected chi connectivity index (χ2v) is 7.49. The molecule has 0 bridgehead atoms. The van der Waals surface area contributed by atoms with Gasteiger partial charge < -0.3 is 16.0 Å². The van der Waals surface area contributed by atoms with E-state index in [4.69, 9.17) is 5.73 Å². The van der Waals surface area contributed by atoms with Crippen molar-refractivity contribution in [2.24, 2.45) is 5.73 Å². The van der Waals surface area contributed by atoms with E-state index >= 15 is 0 Å². The van der Waals surface area contributed by atoms with Crippen molar-refractivity contribution in [1.82, 2.24) is 9.80 Å². The number of carbonyl (C=O) groups excluding carboxylic acids is 2. The zero-order valence-corrected chi connectivity index (χ0v) is 15.7. The highest BCUT2D eigenvalue weighted by Crippen LogP contribution is 2.29. The summed E-state index contributed by atoms with van der Waals surface area (Å²) in [5, 5.41) is 3.01. The van der Waals surface area contributed by atoms with Crippen LogP contribution >= 0.6 is 0 Å². The van der Waals surface area contributed by atoms with E-state index in [0.717, 1.165) is 43.4 Å². The molecule has 2 amide bonds. The summed E-state index contributed by atoms with van der Waals surface area (Å²) < 4.78 is 0. The number of rotatable bonds is 5. The van der Waals surface area contributed by atoms with Crippen LogP contribution in [0.5, 0.6) is 0 Å². The monoisotopic (exact) mass is 358 g/mol. The summed E-state index contributed by atoms with van der Waals surface area (Å²) in [6.45, 7) is 5.16. The first-order valence-corrected chi connectivity index (χ1v) is 9.70. The Hall–Kier alpha value is -1.92. The fourth-order valence-corrected chi connectivity index (χ4v) is 3.99. The fourth-order valence-electron chi connectivity index (χ4n) is 3.99. The lowest BCUT2D eigenvalue weighted by atomic mass is 9.97. The fraction of sp³-hybridized carbons (Fsp3) is 0.600. The van der Waals surface area contributed by atoms with Crippen LogP contribution in [0.25, 0.3) is 0 Å². The van der Waals surface area contributed by atoms with Gasteiger partial charge in [-0.3, -0.25) is 14.5 Å². The number of para-hydroxylation sites is 1. The number of amides is 2. The van der Waals surface area contributed by atoms with E-state index in [1.807, 2.05) is 29.2 Å². The second kappa shape index (κ2) is 8.18. The van der Waals surface area contributed by atoms with Crippen LogP contribution in [0.4, 0.5) is 5.69 Å². The second-order valence-electron chi connectivity index (χ2n) is 7.49. The first-order valence-electron chi connectivity index (χ1n) is 9.70. The quantitative estimate of drug-likeness (QED) is 0.838. The minimum Gasteiger partial charge on any atom is -0.339 e. The van der Waals surface area contributed by atoms with Gasteiger partial charge in [0, 0.05) is 31.9 Å². The number of nitrogens with one attached hydrogen (secondary N) is 1. The minimum atomic E-state index is -0.649. The lowest BCUT2D eigenvalue weighted by molar-refractivity contribution is -0.138. The van der Waals surface area contributed by atoms with Crippen LogP contribution in [0.2, 0.25) is 0 Å². The van der Waals surface area contributed by atoms with E-state index in [0.29, 0.717) is 32.7 Å². The summed E-state index contributed by atoms with van der Waals surface area (Å²) in [6.07, 6.45) is 4.57. The van der Waals surface area contributed by atoms with Gasteiger partial charge in [-0.1, -0.05) is 38.0 Å². The molecule has 2 aliphatic rings. The highest BCUT2D eigenvalue weighted by atomic mass is 16.2. The topological polar surface area (TPSA) is 78.7 Å². The highest BCUT2D eigenvalue weighted by Gasteiger charge is 2.40. The maximum Gasteiger partial charge on any atom is 0.242 e. The molecule has 3 N–H and O–H groups in total. The van der Waals surface area contributed by atoms with Gasteiger partial charge in [0.15, 0.2) is 0 Å². The summed E-state index contributed by atoms with van der Waals surface area (Å²) in [4.78, 5) is 29.0. The molecule has 2 fully saturated rings. The Morgan fingerprint density at radius 1 is 1.12 bits per heavy atom. The first kappa shape index (κ1) is 18.9. The van der Waals surface area contributed by atoms with Crippen molar-refractivity contribution in [3.63, 3.8) is 0 Å². The molecule has 6 heteroatoms. The van der Waals surface area contributed by atoms with Gasteiger partial charge in [-0.05, 0) is 30.9 Å². The van der Waals surface area contributed by atoms with Gasteiger partial charge in [-0.25, -0.2) is 0 Å². The van der Waals surface area contributed by atoms with Crippen LogP contribution in [0.15, 0.2) is 24.3 Å². The maximum absolute atomic E-state index is 12.7. The molecule has 26 heavy (non-hydrogen) atoms. The number of piperazine rings is 1. The van der Waals surface area contributed by atoms with Gasteiger partial charge in [0.2, 0.25) is 11.8 Å². The van der Waals surface area contributed by atoms with Crippen molar-refractivity contribution in [3.05, 3.63) is 29.8 Å². The van der Waals surface area contributed by atoms with Crippen LogP contribution in [-0.4, -0.2) is 59.9 Å². The van der Waals surface area contributed by atoms with Crippen molar-refractivity contribution >= 4 is 17.5 Å². The van der Waals surface area contributed by atoms with Gasteiger partial charge in [-0.2, -0.15) is 0 Å². The average molecular weight is 358 g/mol. The van der Waals surface area contributed by atoms with Crippen LogP contribution < -0.4 is 11.1 Å². The molecule has 1 heterocycles. The molecule has 0 spiro atoms. The molecule has 1 aromatic carbocycles. The molecule has 0 unspecified atom stereocenters. The molecule has 1 aliphatic carbocycles. The molecule has 6 nitrogen and oxygen atoms in total. The Kier molecular flexibility index (Phi) is 5.94. The number of hydrogen-bond donors (Lipinski definition) is 2. The normalized spacial score (nSPS) is 20.2. The number of aryl methyl sites for hydroxylation is 1. The zero-order valence-electron chi connectivity index (χ0n) is 15.7. The molecule has 142 valence electrons. The summed E-state index contributed by atoms with van der Waals surface area (Å²) in [5.74, 6) is 0.0905. The van der Waals surface area contributed by atoms with Crippen molar-refractivity contribution in [3.8, 4) is 0 Å². The molecule has 0 aromatic heterocycles. The molecule has 1 saturated carbocycles. The Labute approximate surface area is 155 Å². The molecule has 0 radical (unpaired) electrons. The van der Waals surface area contributed by atoms with E-state index in [9.17, 15) is 9.59 Å². The molecule has 1 aliphatic heterocycles. The van der Waals surface area contributed by atoms with Crippen molar-refractivity contribution in [1.29, 1.82) is 0 Å². The summed E-state index contributed by atoms with van der Waals surface area (Å²) in [5.41, 5.74) is 7.67. The van der Waals surface area contributed by atoms with Gasteiger partial charge in [0.25, 0.3) is 0 Å². The van der Waals surface area contributed by atoms with Crippen LogP contribution in [0.3, 0.4) is 0 Å².